The lowest BCUT2D eigenvalue weighted by molar-refractivity contribution is 0.136. The third-order valence-electron chi connectivity index (χ3n) is 3.67. The van der Waals surface area contributed by atoms with Crippen LogP contribution in [0.2, 0.25) is 0 Å². The maximum atomic E-state index is 13.3. The van der Waals surface area contributed by atoms with Crippen molar-refractivity contribution in [2.75, 3.05) is 13.1 Å². The molecule has 0 bridgehead atoms. The van der Waals surface area contributed by atoms with E-state index in [1.54, 1.807) is 0 Å². The van der Waals surface area contributed by atoms with Gasteiger partial charge in [-0.1, -0.05) is 26.0 Å². The first-order valence-electron chi connectivity index (χ1n) is 5.10. The monoisotopic (exact) mass is 183 g/mol. The number of rotatable bonds is 1. The van der Waals surface area contributed by atoms with E-state index in [0.29, 0.717) is 18.9 Å². The van der Waals surface area contributed by atoms with E-state index in [0.717, 1.165) is 13.0 Å². The molecule has 0 saturated carbocycles. The molecule has 2 atom stereocenters. The first-order valence-corrected chi connectivity index (χ1v) is 5.10. The molecule has 0 unspecified atom stereocenters. The molecule has 0 N–H and O–H groups in total. The first-order chi connectivity index (χ1) is 6.04. The molecule has 0 amide bonds. The van der Waals surface area contributed by atoms with Crippen LogP contribution in [0.25, 0.3) is 0 Å². The summed E-state index contributed by atoms with van der Waals surface area (Å²) < 4.78 is 13.3. The van der Waals surface area contributed by atoms with Crippen molar-refractivity contribution in [1.29, 1.82) is 0 Å². The van der Waals surface area contributed by atoms with Crippen LogP contribution in [0.5, 0.6) is 0 Å². The normalized spacial score (nSPS) is 40.3. The summed E-state index contributed by atoms with van der Waals surface area (Å²) in [4.78, 5) is 2.30. The van der Waals surface area contributed by atoms with Gasteiger partial charge in [-0.15, -0.1) is 0 Å². The smallest absolute Gasteiger partial charge is 0.115 e. The van der Waals surface area contributed by atoms with Crippen molar-refractivity contribution in [2.24, 2.45) is 5.92 Å². The lowest BCUT2D eigenvalue weighted by Crippen LogP contribution is -2.42. The Morgan fingerprint density at radius 2 is 2.31 bits per heavy atom. The summed E-state index contributed by atoms with van der Waals surface area (Å²) in [5.41, 5.74) is 1.39. The highest BCUT2D eigenvalue weighted by Gasteiger charge is 2.51. The number of hydrogen-bond donors (Lipinski definition) is 0. The van der Waals surface area contributed by atoms with Gasteiger partial charge in [0.2, 0.25) is 0 Å². The summed E-state index contributed by atoms with van der Waals surface area (Å²) >= 11 is 0. The number of fused-ring (bicyclic) bond motifs is 1. The lowest BCUT2D eigenvalue weighted by Gasteiger charge is -2.35. The van der Waals surface area contributed by atoms with Gasteiger partial charge < -0.3 is 0 Å². The second-order valence-electron chi connectivity index (χ2n) is 4.87. The molecule has 0 aromatic rings. The van der Waals surface area contributed by atoms with Crippen molar-refractivity contribution in [1.82, 2.24) is 4.90 Å². The minimum atomic E-state index is -0.615. The van der Waals surface area contributed by atoms with Gasteiger partial charge in [-0.05, 0) is 18.8 Å². The molecule has 2 saturated heterocycles. The Balaban J connectivity index is 2.26. The van der Waals surface area contributed by atoms with Crippen molar-refractivity contribution in [3.8, 4) is 0 Å². The summed E-state index contributed by atoms with van der Waals surface area (Å²) in [7, 11) is 0. The summed E-state index contributed by atoms with van der Waals surface area (Å²) in [5, 5.41) is 0. The van der Waals surface area contributed by atoms with Gasteiger partial charge >= 0.3 is 0 Å². The number of halogens is 1. The highest BCUT2D eigenvalue weighted by atomic mass is 19.1. The Labute approximate surface area is 79.6 Å². The van der Waals surface area contributed by atoms with E-state index in [1.165, 1.54) is 5.57 Å². The van der Waals surface area contributed by atoms with E-state index in [1.807, 2.05) is 0 Å². The third-order valence-corrected chi connectivity index (χ3v) is 3.67. The van der Waals surface area contributed by atoms with Crippen LogP contribution < -0.4 is 0 Å². The van der Waals surface area contributed by atoms with E-state index in [2.05, 4.69) is 25.3 Å². The summed E-state index contributed by atoms with van der Waals surface area (Å²) in [6.07, 6.45) is 1.10. The Kier molecular flexibility index (Phi) is 1.99. The molecule has 0 spiro atoms. The van der Waals surface area contributed by atoms with Crippen LogP contribution in [-0.2, 0) is 0 Å². The molecule has 2 heterocycles. The zero-order valence-electron chi connectivity index (χ0n) is 8.52. The van der Waals surface area contributed by atoms with Crippen molar-refractivity contribution in [3.63, 3.8) is 0 Å². The predicted octanol–water partition coefficient (Wildman–Crippen LogP) is 2.38. The zero-order chi connectivity index (χ0) is 9.64. The number of hydrogen-bond acceptors (Lipinski definition) is 1. The molecule has 2 aliphatic rings. The second-order valence-corrected chi connectivity index (χ2v) is 4.87. The van der Waals surface area contributed by atoms with Gasteiger partial charge in [-0.3, -0.25) is 4.90 Å². The standard InChI is InChI=1S/C11H18FN/c1-8(2)11-4-9(3)6-13(11)7-10(12)5-11/h8,10H,3-7H2,1-2H3/t10-,11+/m0/s1. The van der Waals surface area contributed by atoms with Crippen LogP contribution >= 0.6 is 0 Å². The highest BCUT2D eigenvalue weighted by Crippen LogP contribution is 2.46. The molecular formula is C11H18FN. The Bertz CT molecular complexity index is 236. The van der Waals surface area contributed by atoms with Gasteiger partial charge in [0.1, 0.15) is 6.17 Å². The molecule has 0 aromatic carbocycles. The minimum absolute atomic E-state index is 0.108. The quantitative estimate of drug-likeness (QED) is 0.564. The van der Waals surface area contributed by atoms with Crippen molar-refractivity contribution in [2.45, 2.75) is 38.4 Å². The topological polar surface area (TPSA) is 3.24 Å². The van der Waals surface area contributed by atoms with Gasteiger partial charge in [-0.2, -0.15) is 0 Å². The van der Waals surface area contributed by atoms with Crippen molar-refractivity contribution < 1.29 is 4.39 Å². The zero-order valence-corrected chi connectivity index (χ0v) is 8.52. The summed E-state index contributed by atoms with van der Waals surface area (Å²) in [6, 6.07) is 0. The van der Waals surface area contributed by atoms with Crippen LogP contribution in [0.15, 0.2) is 12.2 Å². The molecule has 1 nitrogen and oxygen atoms in total. The molecule has 0 radical (unpaired) electrons. The summed E-state index contributed by atoms with van der Waals surface area (Å²) in [5.74, 6) is 0.535. The van der Waals surface area contributed by atoms with E-state index >= 15 is 0 Å². The molecule has 2 fully saturated rings. The Morgan fingerprint density at radius 3 is 2.85 bits per heavy atom. The average molecular weight is 183 g/mol. The number of nitrogens with zero attached hydrogens (tertiary/aromatic N) is 1. The predicted molar refractivity (Wildman–Crippen MR) is 52.4 cm³/mol. The van der Waals surface area contributed by atoms with Crippen LogP contribution in [0.1, 0.15) is 26.7 Å². The maximum Gasteiger partial charge on any atom is 0.115 e. The van der Waals surface area contributed by atoms with Gasteiger partial charge in [0.05, 0.1) is 0 Å². The number of alkyl halides is 1. The molecule has 0 aromatic heterocycles. The molecule has 13 heavy (non-hydrogen) atoms. The molecular weight excluding hydrogens is 165 g/mol. The van der Waals surface area contributed by atoms with Gasteiger partial charge in [0.15, 0.2) is 0 Å². The largest absolute Gasteiger partial charge is 0.290 e. The average Bonchev–Trinajstić information content (AvgIpc) is 2.40. The van der Waals surface area contributed by atoms with E-state index in [9.17, 15) is 4.39 Å². The lowest BCUT2D eigenvalue weighted by atomic mass is 9.82. The third kappa shape index (κ3) is 1.23. The highest BCUT2D eigenvalue weighted by molar-refractivity contribution is 5.19. The maximum absolute atomic E-state index is 13.3. The molecule has 74 valence electrons. The van der Waals surface area contributed by atoms with E-state index in [-0.39, 0.29) is 5.54 Å². The molecule has 2 aliphatic heterocycles. The van der Waals surface area contributed by atoms with Gasteiger partial charge in [0.25, 0.3) is 0 Å². The van der Waals surface area contributed by atoms with Crippen molar-refractivity contribution >= 4 is 0 Å². The van der Waals surface area contributed by atoms with Crippen LogP contribution in [-0.4, -0.2) is 29.7 Å². The summed E-state index contributed by atoms with van der Waals surface area (Å²) in [6.45, 7) is 9.96. The van der Waals surface area contributed by atoms with Gasteiger partial charge in [-0.25, -0.2) is 4.39 Å². The van der Waals surface area contributed by atoms with Crippen LogP contribution in [0.3, 0.4) is 0 Å². The van der Waals surface area contributed by atoms with Crippen LogP contribution in [0, 0.1) is 5.92 Å². The first kappa shape index (κ1) is 9.20. The Morgan fingerprint density at radius 1 is 1.62 bits per heavy atom. The SMILES string of the molecule is C=C1CN2C[C@@H](F)C[C@@]2(C(C)C)C1. The fourth-order valence-corrected chi connectivity index (χ4v) is 2.97. The minimum Gasteiger partial charge on any atom is -0.290 e. The molecule has 0 aliphatic carbocycles. The van der Waals surface area contributed by atoms with Crippen molar-refractivity contribution in [3.05, 3.63) is 12.2 Å². The van der Waals surface area contributed by atoms with Crippen LogP contribution in [0.4, 0.5) is 4.39 Å². The fourth-order valence-electron chi connectivity index (χ4n) is 2.97. The molecule has 2 rings (SSSR count). The Hall–Kier alpha value is -0.370. The van der Waals surface area contributed by atoms with Gasteiger partial charge in [0, 0.05) is 18.6 Å². The second kappa shape index (κ2) is 2.81. The van der Waals surface area contributed by atoms with E-state index in [4.69, 9.17) is 0 Å². The molecule has 2 heteroatoms. The fraction of sp³-hybridized carbons (Fsp3) is 0.818. The van der Waals surface area contributed by atoms with E-state index < -0.39 is 6.17 Å².